The van der Waals surface area contributed by atoms with Gasteiger partial charge in [-0.05, 0) is 65.2 Å². The molecule has 0 bridgehead atoms. The molecule has 1 amide bonds. The summed E-state index contributed by atoms with van der Waals surface area (Å²) in [7, 11) is 1.64. The Hall–Kier alpha value is -1.85. The SMILES string of the molecule is COc1ccc([C@H](C)NCC(=O)Nc2cccc(C)c2)cc1Br. The average Bonchev–Trinajstić information content (AvgIpc) is 2.52. The number of nitrogens with one attached hydrogen (secondary N) is 2. The first-order valence-electron chi connectivity index (χ1n) is 7.43. The number of halogens is 1. The number of hydrogen-bond donors (Lipinski definition) is 2. The predicted molar refractivity (Wildman–Crippen MR) is 96.9 cm³/mol. The zero-order valence-corrected chi connectivity index (χ0v) is 15.1. The molecule has 4 nitrogen and oxygen atoms in total. The fourth-order valence-electron chi connectivity index (χ4n) is 2.24. The Balaban J connectivity index is 1.89. The van der Waals surface area contributed by atoms with Crippen molar-refractivity contribution in [3.05, 3.63) is 58.1 Å². The summed E-state index contributed by atoms with van der Waals surface area (Å²) in [6.45, 7) is 4.27. The van der Waals surface area contributed by atoms with Crippen molar-refractivity contribution in [2.24, 2.45) is 0 Å². The van der Waals surface area contributed by atoms with Gasteiger partial charge in [0.25, 0.3) is 0 Å². The van der Waals surface area contributed by atoms with Gasteiger partial charge in [-0.3, -0.25) is 4.79 Å². The quantitative estimate of drug-likeness (QED) is 0.799. The van der Waals surface area contributed by atoms with Crippen molar-refractivity contribution >= 4 is 27.5 Å². The number of ether oxygens (including phenoxy) is 1. The Morgan fingerprint density at radius 2 is 2.04 bits per heavy atom. The largest absolute Gasteiger partial charge is 0.496 e. The predicted octanol–water partition coefficient (Wildman–Crippen LogP) is 4.06. The van der Waals surface area contributed by atoms with Gasteiger partial charge in [-0.2, -0.15) is 0 Å². The van der Waals surface area contributed by atoms with Crippen molar-refractivity contribution in [3.63, 3.8) is 0 Å². The van der Waals surface area contributed by atoms with Gasteiger partial charge in [0.1, 0.15) is 5.75 Å². The van der Waals surface area contributed by atoms with E-state index in [0.29, 0.717) is 0 Å². The second kappa shape index (κ2) is 8.13. The lowest BCUT2D eigenvalue weighted by Gasteiger charge is -2.15. The Morgan fingerprint density at radius 3 is 2.70 bits per heavy atom. The highest BCUT2D eigenvalue weighted by Gasteiger charge is 2.10. The van der Waals surface area contributed by atoms with Crippen molar-refractivity contribution in [1.82, 2.24) is 5.32 Å². The number of carbonyl (C=O) groups is 1. The zero-order chi connectivity index (χ0) is 16.8. The average molecular weight is 377 g/mol. The van der Waals surface area contributed by atoms with Crippen LogP contribution in [0.4, 0.5) is 5.69 Å². The van der Waals surface area contributed by atoms with Gasteiger partial charge >= 0.3 is 0 Å². The molecule has 2 aromatic carbocycles. The van der Waals surface area contributed by atoms with Crippen LogP contribution in [0.2, 0.25) is 0 Å². The lowest BCUT2D eigenvalue weighted by molar-refractivity contribution is -0.115. The second-order valence-electron chi connectivity index (χ2n) is 5.41. The molecular weight excluding hydrogens is 356 g/mol. The van der Waals surface area contributed by atoms with E-state index in [9.17, 15) is 4.79 Å². The van der Waals surface area contributed by atoms with Crippen LogP contribution in [0.3, 0.4) is 0 Å². The number of aryl methyl sites for hydroxylation is 1. The lowest BCUT2D eigenvalue weighted by atomic mass is 10.1. The van der Waals surface area contributed by atoms with Gasteiger partial charge in [-0.1, -0.05) is 18.2 Å². The first-order valence-corrected chi connectivity index (χ1v) is 8.22. The smallest absolute Gasteiger partial charge is 0.238 e. The van der Waals surface area contributed by atoms with E-state index in [-0.39, 0.29) is 18.5 Å². The summed E-state index contributed by atoms with van der Waals surface area (Å²) in [5.41, 5.74) is 3.02. The highest BCUT2D eigenvalue weighted by Crippen LogP contribution is 2.27. The Labute approximate surface area is 145 Å². The van der Waals surface area contributed by atoms with Crippen molar-refractivity contribution in [1.29, 1.82) is 0 Å². The van der Waals surface area contributed by atoms with Crippen molar-refractivity contribution in [3.8, 4) is 5.75 Å². The van der Waals surface area contributed by atoms with E-state index in [4.69, 9.17) is 4.74 Å². The Kier molecular flexibility index (Phi) is 6.19. The maximum absolute atomic E-state index is 12.0. The summed E-state index contributed by atoms with van der Waals surface area (Å²) < 4.78 is 6.12. The van der Waals surface area contributed by atoms with E-state index in [2.05, 4.69) is 26.6 Å². The van der Waals surface area contributed by atoms with Gasteiger partial charge in [0, 0.05) is 11.7 Å². The van der Waals surface area contributed by atoms with Gasteiger partial charge in [0.05, 0.1) is 18.1 Å². The van der Waals surface area contributed by atoms with Gasteiger partial charge in [-0.25, -0.2) is 0 Å². The highest BCUT2D eigenvalue weighted by molar-refractivity contribution is 9.10. The van der Waals surface area contributed by atoms with Crippen LogP contribution < -0.4 is 15.4 Å². The van der Waals surface area contributed by atoms with E-state index >= 15 is 0 Å². The topological polar surface area (TPSA) is 50.4 Å². The molecule has 0 radical (unpaired) electrons. The Bertz CT molecular complexity index is 688. The van der Waals surface area contributed by atoms with Crippen molar-refractivity contribution in [2.45, 2.75) is 19.9 Å². The van der Waals surface area contributed by atoms with Crippen LogP contribution in [0, 0.1) is 6.92 Å². The normalized spacial score (nSPS) is 11.8. The Morgan fingerprint density at radius 1 is 1.26 bits per heavy atom. The third-order valence-electron chi connectivity index (χ3n) is 3.55. The monoisotopic (exact) mass is 376 g/mol. The molecule has 2 rings (SSSR count). The van der Waals surface area contributed by atoms with Crippen molar-refractivity contribution in [2.75, 3.05) is 19.0 Å². The van der Waals surface area contributed by atoms with E-state index < -0.39 is 0 Å². The molecule has 0 saturated heterocycles. The van der Waals surface area contributed by atoms with Crippen molar-refractivity contribution < 1.29 is 9.53 Å². The molecule has 122 valence electrons. The number of benzene rings is 2. The van der Waals surface area contributed by atoms with Crippen LogP contribution in [0.1, 0.15) is 24.1 Å². The summed E-state index contributed by atoms with van der Waals surface area (Å²) in [5, 5.41) is 6.11. The van der Waals surface area contributed by atoms with Gasteiger partial charge < -0.3 is 15.4 Å². The molecule has 0 aliphatic heterocycles. The third kappa shape index (κ3) is 5.08. The molecule has 0 saturated carbocycles. The van der Waals surface area contributed by atoms with Crippen LogP contribution in [-0.4, -0.2) is 19.6 Å². The van der Waals surface area contributed by atoms with Gasteiger partial charge in [0.2, 0.25) is 5.91 Å². The van der Waals surface area contributed by atoms with Crippen LogP contribution in [-0.2, 0) is 4.79 Å². The number of amides is 1. The fraction of sp³-hybridized carbons (Fsp3) is 0.278. The van der Waals surface area contributed by atoms with Crippen LogP contribution in [0.15, 0.2) is 46.9 Å². The minimum Gasteiger partial charge on any atom is -0.496 e. The molecule has 0 aromatic heterocycles. The second-order valence-corrected chi connectivity index (χ2v) is 6.27. The minimum absolute atomic E-state index is 0.0560. The van der Waals surface area contributed by atoms with Crippen LogP contribution >= 0.6 is 15.9 Å². The van der Waals surface area contributed by atoms with Gasteiger partial charge in [0.15, 0.2) is 0 Å². The third-order valence-corrected chi connectivity index (χ3v) is 4.17. The molecule has 0 heterocycles. The summed E-state index contributed by atoms with van der Waals surface area (Å²) in [5.74, 6) is 0.730. The summed E-state index contributed by atoms with van der Waals surface area (Å²) in [6.07, 6.45) is 0. The molecule has 0 unspecified atom stereocenters. The molecule has 0 aliphatic carbocycles. The van der Waals surface area contributed by atoms with E-state index in [0.717, 1.165) is 27.0 Å². The molecular formula is C18H21BrN2O2. The van der Waals surface area contributed by atoms with Crippen LogP contribution in [0.5, 0.6) is 5.75 Å². The first-order chi connectivity index (χ1) is 11.0. The molecule has 2 N–H and O–H groups in total. The number of hydrogen-bond acceptors (Lipinski definition) is 3. The summed E-state index contributed by atoms with van der Waals surface area (Å²) in [4.78, 5) is 12.0. The maximum atomic E-state index is 12.0. The molecule has 0 fully saturated rings. The van der Waals surface area contributed by atoms with E-state index in [1.165, 1.54) is 0 Å². The highest BCUT2D eigenvalue weighted by atomic mass is 79.9. The molecule has 23 heavy (non-hydrogen) atoms. The van der Waals surface area contributed by atoms with E-state index in [1.807, 2.05) is 56.3 Å². The number of anilines is 1. The zero-order valence-electron chi connectivity index (χ0n) is 13.5. The first kappa shape index (κ1) is 17.5. The number of carbonyl (C=O) groups excluding carboxylic acids is 1. The molecule has 5 heteroatoms. The van der Waals surface area contributed by atoms with Gasteiger partial charge in [-0.15, -0.1) is 0 Å². The fourth-order valence-corrected chi connectivity index (χ4v) is 2.80. The summed E-state index contributed by atoms with van der Waals surface area (Å²) in [6, 6.07) is 13.7. The summed E-state index contributed by atoms with van der Waals surface area (Å²) >= 11 is 3.47. The van der Waals surface area contributed by atoms with Crippen LogP contribution in [0.25, 0.3) is 0 Å². The molecule has 0 aliphatic rings. The molecule has 2 aromatic rings. The number of methoxy groups -OCH3 is 1. The number of rotatable bonds is 6. The standard InChI is InChI=1S/C18H21BrN2O2/c1-12-5-4-6-15(9-12)21-18(22)11-20-13(2)14-7-8-17(23-3)16(19)10-14/h4-10,13,20H,11H2,1-3H3,(H,21,22)/t13-/m0/s1. The van der Waals surface area contributed by atoms with E-state index in [1.54, 1.807) is 7.11 Å². The maximum Gasteiger partial charge on any atom is 0.238 e. The minimum atomic E-state index is -0.0602. The lowest BCUT2D eigenvalue weighted by Crippen LogP contribution is -2.30. The molecule has 1 atom stereocenters. The molecule has 0 spiro atoms.